The number of rotatable bonds is 2. The van der Waals surface area contributed by atoms with Gasteiger partial charge in [0.25, 0.3) is 0 Å². The molecule has 1 amide bonds. The van der Waals surface area contributed by atoms with Crippen molar-refractivity contribution in [2.45, 2.75) is 32.9 Å². The quantitative estimate of drug-likeness (QED) is 0.704. The van der Waals surface area contributed by atoms with Crippen LogP contribution in [0.15, 0.2) is 0 Å². The summed E-state index contributed by atoms with van der Waals surface area (Å²) in [5.41, 5.74) is 0. The highest BCUT2D eigenvalue weighted by Crippen LogP contribution is 2.29. The molecule has 0 saturated carbocycles. The fourth-order valence-corrected chi connectivity index (χ4v) is 1.78. The van der Waals surface area contributed by atoms with Gasteiger partial charge in [0.2, 0.25) is 5.91 Å². The van der Waals surface area contributed by atoms with Gasteiger partial charge in [-0.3, -0.25) is 4.79 Å². The standard InChI is InChI=1S/C10H16F3NO/c1-3-8-4-5-14(6-8)9(15)7(2)10(11,12)13/h7-8H,3-6H2,1-2H3/t7-,8+/m0/s1. The summed E-state index contributed by atoms with van der Waals surface area (Å²) < 4.78 is 36.9. The normalized spacial score (nSPS) is 24.3. The van der Waals surface area contributed by atoms with Crippen LogP contribution >= 0.6 is 0 Å². The summed E-state index contributed by atoms with van der Waals surface area (Å²) in [5, 5.41) is 0. The Morgan fingerprint density at radius 1 is 1.53 bits per heavy atom. The molecule has 5 heteroatoms. The third-order valence-electron chi connectivity index (χ3n) is 3.04. The second-order valence-electron chi connectivity index (χ2n) is 4.11. The van der Waals surface area contributed by atoms with Crippen LogP contribution < -0.4 is 0 Å². The van der Waals surface area contributed by atoms with Crippen molar-refractivity contribution in [2.24, 2.45) is 11.8 Å². The summed E-state index contributed by atoms with van der Waals surface area (Å²) in [6.45, 7) is 3.88. The maximum absolute atomic E-state index is 12.3. The first-order valence-corrected chi connectivity index (χ1v) is 5.21. The number of alkyl halides is 3. The van der Waals surface area contributed by atoms with E-state index in [4.69, 9.17) is 0 Å². The molecule has 0 bridgehead atoms. The Balaban J connectivity index is 2.55. The number of likely N-dealkylation sites (tertiary alicyclic amines) is 1. The van der Waals surface area contributed by atoms with E-state index in [1.54, 1.807) is 0 Å². The van der Waals surface area contributed by atoms with E-state index in [-0.39, 0.29) is 0 Å². The van der Waals surface area contributed by atoms with Crippen LogP contribution in [0.3, 0.4) is 0 Å². The number of amides is 1. The van der Waals surface area contributed by atoms with Crippen LogP contribution in [0, 0.1) is 11.8 Å². The van der Waals surface area contributed by atoms with Crippen LogP contribution in [0.1, 0.15) is 26.7 Å². The van der Waals surface area contributed by atoms with Crippen LogP contribution in [-0.2, 0) is 4.79 Å². The number of hydrogen-bond acceptors (Lipinski definition) is 1. The zero-order valence-electron chi connectivity index (χ0n) is 8.97. The molecule has 0 aromatic heterocycles. The largest absolute Gasteiger partial charge is 0.400 e. The number of carbonyl (C=O) groups excluding carboxylic acids is 1. The fourth-order valence-electron chi connectivity index (χ4n) is 1.78. The Bertz CT molecular complexity index is 239. The topological polar surface area (TPSA) is 20.3 Å². The van der Waals surface area contributed by atoms with Gasteiger partial charge >= 0.3 is 6.18 Å². The zero-order valence-corrected chi connectivity index (χ0v) is 8.97. The van der Waals surface area contributed by atoms with Gasteiger partial charge in [-0.05, 0) is 19.3 Å². The van der Waals surface area contributed by atoms with Crippen LogP contribution in [0.5, 0.6) is 0 Å². The van der Waals surface area contributed by atoms with E-state index in [1.807, 2.05) is 6.92 Å². The lowest BCUT2D eigenvalue weighted by atomic mass is 10.1. The smallest absolute Gasteiger partial charge is 0.342 e. The molecule has 88 valence electrons. The Morgan fingerprint density at radius 3 is 2.53 bits per heavy atom. The predicted molar refractivity (Wildman–Crippen MR) is 50.2 cm³/mol. The molecular formula is C10H16F3NO. The third kappa shape index (κ3) is 2.86. The Morgan fingerprint density at radius 2 is 2.13 bits per heavy atom. The maximum atomic E-state index is 12.3. The molecule has 2 nitrogen and oxygen atoms in total. The molecule has 1 fully saturated rings. The van der Waals surface area contributed by atoms with Crippen LogP contribution in [0.4, 0.5) is 13.2 Å². The Hall–Kier alpha value is -0.740. The van der Waals surface area contributed by atoms with Crippen molar-refractivity contribution >= 4 is 5.91 Å². The molecule has 15 heavy (non-hydrogen) atoms. The van der Waals surface area contributed by atoms with Gasteiger partial charge in [0.05, 0.1) is 0 Å². The van der Waals surface area contributed by atoms with E-state index in [9.17, 15) is 18.0 Å². The molecule has 2 atom stereocenters. The van der Waals surface area contributed by atoms with E-state index in [0.717, 1.165) is 19.8 Å². The average Bonchev–Trinajstić information content (AvgIpc) is 2.62. The van der Waals surface area contributed by atoms with Gasteiger partial charge in [-0.1, -0.05) is 13.3 Å². The lowest BCUT2D eigenvalue weighted by molar-refractivity contribution is -0.184. The SMILES string of the molecule is CC[C@@H]1CCN(C(=O)[C@H](C)C(F)(F)F)C1. The lowest BCUT2D eigenvalue weighted by Gasteiger charge is -2.22. The second-order valence-corrected chi connectivity index (χ2v) is 4.11. The van der Waals surface area contributed by atoms with Crippen LogP contribution in [0.2, 0.25) is 0 Å². The summed E-state index contributed by atoms with van der Waals surface area (Å²) in [7, 11) is 0. The third-order valence-corrected chi connectivity index (χ3v) is 3.04. The van der Waals surface area contributed by atoms with Gasteiger partial charge in [0, 0.05) is 13.1 Å². The number of halogens is 3. The van der Waals surface area contributed by atoms with Crippen molar-refractivity contribution < 1.29 is 18.0 Å². The average molecular weight is 223 g/mol. The van der Waals surface area contributed by atoms with Gasteiger partial charge in [0.15, 0.2) is 0 Å². The van der Waals surface area contributed by atoms with Gasteiger partial charge in [-0.15, -0.1) is 0 Å². The van der Waals surface area contributed by atoms with Gasteiger partial charge in [-0.2, -0.15) is 13.2 Å². The van der Waals surface area contributed by atoms with Gasteiger partial charge in [-0.25, -0.2) is 0 Å². The molecule has 0 unspecified atom stereocenters. The molecule has 1 heterocycles. The summed E-state index contributed by atoms with van der Waals surface area (Å²) in [5.74, 6) is -2.28. The minimum absolute atomic E-state index is 0.370. The monoisotopic (exact) mass is 223 g/mol. The molecule has 0 radical (unpaired) electrons. The molecule has 0 aliphatic carbocycles. The highest BCUT2D eigenvalue weighted by atomic mass is 19.4. The summed E-state index contributed by atoms with van der Waals surface area (Å²) >= 11 is 0. The van der Waals surface area contributed by atoms with Crippen molar-refractivity contribution in [1.29, 1.82) is 0 Å². The highest BCUT2D eigenvalue weighted by Gasteiger charge is 2.43. The van der Waals surface area contributed by atoms with Gasteiger partial charge in [0.1, 0.15) is 5.92 Å². The first-order chi connectivity index (χ1) is 6.86. The molecule has 1 rings (SSSR count). The number of hydrogen-bond donors (Lipinski definition) is 0. The number of carbonyl (C=O) groups is 1. The maximum Gasteiger partial charge on any atom is 0.400 e. The van der Waals surface area contributed by atoms with Crippen molar-refractivity contribution in [2.75, 3.05) is 13.1 Å². The van der Waals surface area contributed by atoms with Gasteiger partial charge < -0.3 is 4.90 Å². The van der Waals surface area contributed by atoms with E-state index in [0.29, 0.717) is 19.0 Å². The lowest BCUT2D eigenvalue weighted by Crippen LogP contribution is -2.39. The Labute approximate surface area is 87.4 Å². The van der Waals surface area contributed by atoms with Crippen LogP contribution in [0.25, 0.3) is 0 Å². The number of nitrogens with zero attached hydrogens (tertiary/aromatic N) is 1. The summed E-state index contributed by atoms with van der Waals surface area (Å²) in [4.78, 5) is 12.8. The zero-order chi connectivity index (χ0) is 11.6. The molecule has 0 spiro atoms. The molecule has 1 aliphatic heterocycles. The molecule has 0 aromatic carbocycles. The summed E-state index contributed by atoms with van der Waals surface area (Å²) in [6.07, 6.45) is -2.67. The van der Waals surface area contributed by atoms with Crippen molar-refractivity contribution in [3.05, 3.63) is 0 Å². The van der Waals surface area contributed by atoms with Crippen molar-refractivity contribution in [1.82, 2.24) is 4.90 Å². The fraction of sp³-hybridized carbons (Fsp3) is 0.900. The molecule has 0 N–H and O–H groups in total. The minimum atomic E-state index is -4.42. The first kappa shape index (κ1) is 12.3. The molecule has 1 saturated heterocycles. The predicted octanol–water partition coefficient (Wildman–Crippen LogP) is 2.44. The minimum Gasteiger partial charge on any atom is -0.342 e. The highest BCUT2D eigenvalue weighted by molar-refractivity contribution is 5.79. The van der Waals surface area contributed by atoms with E-state index < -0.39 is 18.0 Å². The molecule has 1 aliphatic rings. The van der Waals surface area contributed by atoms with Crippen molar-refractivity contribution in [3.8, 4) is 0 Å². The first-order valence-electron chi connectivity index (χ1n) is 5.21. The Kier molecular flexibility index (Phi) is 3.62. The van der Waals surface area contributed by atoms with Crippen LogP contribution in [-0.4, -0.2) is 30.1 Å². The van der Waals surface area contributed by atoms with E-state index in [1.165, 1.54) is 4.90 Å². The summed E-state index contributed by atoms with van der Waals surface area (Å²) in [6, 6.07) is 0. The van der Waals surface area contributed by atoms with E-state index >= 15 is 0 Å². The molecular weight excluding hydrogens is 207 g/mol. The van der Waals surface area contributed by atoms with E-state index in [2.05, 4.69) is 0 Å². The van der Waals surface area contributed by atoms with Crippen molar-refractivity contribution in [3.63, 3.8) is 0 Å². The second kappa shape index (κ2) is 4.41. The molecule has 0 aromatic rings.